The molecular weight excluding hydrogens is 242 g/mol. The molecular formula is C14H21N3O2. The molecule has 0 amide bonds. The number of hydrogen-bond donors (Lipinski definition) is 2. The second-order valence-corrected chi connectivity index (χ2v) is 5.01. The van der Waals surface area contributed by atoms with Gasteiger partial charge >= 0.3 is 0 Å². The molecule has 0 radical (unpaired) electrons. The highest BCUT2D eigenvalue weighted by Crippen LogP contribution is 2.35. The van der Waals surface area contributed by atoms with Crippen molar-refractivity contribution in [2.24, 2.45) is 0 Å². The zero-order chi connectivity index (χ0) is 13.1. The molecule has 1 saturated heterocycles. The van der Waals surface area contributed by atoms with Gasteiger partial charge in [0, 0.05) is 37.9 Å². The second-order valence-electron chi connectivity index (χ2n) is 5.01. The summed E-state index contributed by atoms with van der Waals surface area (Å²) in [7, 11) is 0. The molecule has 2 aliphatic heterocycles. The zero-order valence-corrected chi connectivity index (χ0v) is 11.4. The van der Waals surface area contributed by atoms with Crippen LogP contribution in [0.25, 0.3) is 0 Å². The maximum absolute atomic E-state index is 5.62. The fraction of sp³-hybridized carbons (Fsp3) is 0.571. The van der Waals surface area contributed by atoms with Gasteiger partial charge in [0.1, 0.15) is 13.2 Å². The summed E-state index contributed by atoms with van der Waals surface area (Å²) >= 11 is 0. The summed E-state index contributed by atoms with van der Waals surface area (Å²) in [6.07, 6.45) is 0. The van der Waals surface area contributed by atoms with Crippen LogP contribution in [0.2, 0.25) is 0 Å². The molecule has 0 aromatic heterocycles. The Morgan fingerprint density at radius 3 is 2.58 bits per heavy atom. The number of piperazine rings is 1. The number of fused-ring (bicyclic) bond motifs is 1. The van der Waals surface area contributed by atoms with E-state index in [4.69, 9.17) is 9.47 Å². The minimum Gasteiger partial charge on any atom is -0.486 e. The van der Waals surface area contributed by atoms with Crippen molar-refractivity contribution in [2.45, 2.75) is 6.92 Å². The molecule has 2 N–H and O–H groups in total. The highest BCUT2D eigenvalue weighted by Gasteiger charge is 2.15. The summed E-state index contributed by atoms with van der Waals surface area (Å²) < 4.78 is 11.2. The van der Waals surface area contributed by atoms with Crippen LogP contribution in [0.15, 0.2) is 12.1 Å². The smallest absolute Gasteiger partial charge is 0.163 e. The standard InChI is InChI=1S/C14H21N3O2/c1-11-8-13-14(19-7-6-18-13)9-12(11)16-10-17-4-2-15-3-5-17/h8-9,15-16H,2-7,10H2,1H3. The molecule has 5 heteroatoms. The van der Waals surface area contributed by atoms with Crippen LogP contribution in [0, 0.1) is 6.92 Å². The number of benzene rings is 1. The molecule has 5 nitrogen and oxygen atoms in total. The van der Waals surface area contributed by atoms with Gasteiger partial charge in [-0.2, -0.15) is 0 Å². The van der Waals surface area contributed by atoms with Gasteiger partial charge in [0.2, 0.25) is 0 Å². The molecule has 2 aliphatic rings. The fourth-order valence-electron chi connectivity index (χ4n) is 2.45. The minimum absolute atomic E-state index is 0.632. The van der Waals surface area contributed by atoms with Gasteiger partial charge in [0.05, 0.1) is 6.67 Å². The lowest BCUT2D eigenvalue weighted by atomic mass is 10.1. The number of aryl methyl sites for hydroxylation is 1. The predicted molar refractivity (Wildman–Crippen MR) is 75.1 cm³/mol. The zero-order valence-electron chi connectivity index (χ0n) is 11.4. The van der Waals surface area contributed by atoms with Gasteiger partial charge in [0.25, 0.3) is 0 Å². The number of nitrogens with zero attached hydrogens (tertiary/aromatic N) is 1. The van der Waals surface area contributed by atoms with E-state index < -0.39 is 0 Å². The normalized spacial score (nSPS) is 19.2. The number of ether oxygens (including phenoxy) is 2. The van der Waals surface area contributed by atoms with Crippen LogP contribution in [0.4, 0.5) is 5.69 Å². The highest BCUT2D eigenvalue weighted by atomic mass is 16.6. The van der Waals surface area contributed by atoms with Crippen LogP contribution in [-0.4, -0.2) is 51.0 Å². The molecule has 19 heavy (non-hydrogen) atoms. The van der Waals surface area contributed by atoms with Crippen molar-refractivity contribution in [3.8, 4) is 11.5 Å². The summed E-state index contributed by atoms with van der Waals surface area (Å²) in [5.41, 5.74) is 2.32. The third kappa shape index (κ3) is 2.93. The first-order chi connectivity index (χ1) is 9.33. The van der Waals surface area contributed by atoms with Crippen molar-refractivity contribution >= 4 is 5.69 Å². The van der Waals surface area contributed by atoms with Crippen LogP contribution in [0.5, 0.6) is 11.5 Å². The van der Waals surface area contributed by atoms with Gasteiger partial charge in [-0.15, -0.1) is 0 Å². The number of hydrogen-bond acceptors (Lipinski definition) is 5. The molecule has 0 bridgehead atoms. The predicted octanol–water partition coefficient (Wildman–Crippen LogP) is 1.04. The van der Waals surface area contributed by atoms with E-state index in [0.29, 0.717) is 13.2 Å². The third-order valence-corrected chi connectivity index (χ3v) is 3.59. The molecule has 0 atom stereocenters. The molecule has 3 rings (SSSR count). The monoisotopic (exact) mass is 263 g/mol. The van der Waals surface area contributed by atoms with Crippen LogP contribution < -0.4 is 20.1 Å². The van der Waals surface area contributed by atoms with E-state index >= 15 is 0 Å². The highest BCUT2D eigenvalue weighted by molar-refractivity contribution is 5.60. The summed E-state index contributed by atoms with van der Waals surface area (Å²) in [6, 6.07) is 4.10. The van der Waals surface area contributed by atoms with Crippen molar-refractivity contribution in [3.05, 3.63) is 17.7 Å². The Morgan fingerprint density at radius 2 is 1.84 bits per heavy atom. The van der Waals surface area contributed by atoms with E-state index in [1.807, 2.05) is 6.07 Å². The molecule has 0 saturated carbocycles. The topological polar surface area (TPSA) is 45.8 Å². The van der Waals surface area contributed by atoms with E-state index in [9.17, 15) is 0 Å². The Hall–Kier alpha value is -1.46. The summed E-state index contributed by atoms with van der Waals surface area (Å²) in [5.74, 6) is 1.70. The Morgan fingerprint density at radius 1 is 1.16 bits per heavy atom. The van der Waals surface area contributed by atoms with E-state index in [1.54, 1.807) is 0 Å². The van der Waals surface area contributed by atoms with Gasteiger partial charge < -0.3 is 20.1 Å². The Balaban J connectivity index is 1.66. The average molecular weight is 263 g/mol. The Labute approximate surface area is 113 Å². The van der Waals surface area contributed by atoms with Gasteiger partial charge in [-0.3, -0.25) is 4.90 Å². The molecule has 104 valence electrons. The Bertz CT molecular complexity index is 445. The van der Waals surface area contributed by atoms with E-state index in [2.05, 4.69) is 28.5 Å². The molecule has 1 aromatic rings. The molecule has 0 spiro atoms. The first kappa shape index (κ1) is 12.6. The lowest BCUT2D eigenvalue weighted by molar-refractivity contribution is 0.171. The molecule has 1 aromatic carbocycles. The number of nitrogens with one attached hydrogen (secondary N) is 2. The van der Waals surface area contributed by atoms with Gasteiger partial charge in [-0.05, 0) is 18.6 Å². The summed E-state index contributed by atoms with van der Waals surface area (Å²) in [5, 5.41) is 6.85. The van der Waals surface area contributed by atoms with Crippen molar-refractivity contribution < 1.29 is 9.47 Å². The molecule has 0 unspecified atom stereocenters. The summed E-state index contributed by atoms with van der Waals surface area (Å²) in [6.45, 7) is 8.57. The van der Waals surface area contributed by atoms with Crippen molar-refractivity contribution in [1.82, 2.24) is 10.2 Å². The molecule has 2 heterocycles. The minimum atomic E-state index is 0.632. The summed E-state index contributed by atoms with van der Waals surface area (Å²) in [4.78, 5) is 2.41. The Kier molecular flexibility index (Phi) is 3.75. The first-order valence-corrected chi connectivity index (χ1v) is 6.90. The van der Waals surface area contributed by atoms with E-state index in [1.165, 1.54) is 5.56 Å². The van der Waals surface area contributed by atoms with Crippen molar-refractivity contribution in [3.63, 3.8) is 0 Å². The van der Waals surface area contributed by atoms with Crippen LogP contribution in [0.3, 0.4) is 0 Å². The molecule has 0 aliphatic carbocycles. The first-order valence-electron chi connectivity index (χ1n) is 6.90. The van der Waals surface area contributed by atoms with Gasteiger partial charge in [-0.25, -0.2) is 0 Å². The van der Waals surface area contributed by atoms with E-state index in [0.717, 1.165) is 50.0 Å². The lowest BCUT2D eigenvalue weighted by Crippen LogP contribution is -2.45. The van der Waals surface area contributed by atoms with Crippen LogP contribution >= 0.6 is 0 Å². The SMILES string of the molecule is Cc1cc2c(cc1NCN1CCNCC1)OCCO2. The fourth-order valence-corrected chi connectivity index (χ4v) is 2.45. The lowest BCUT2D eigenvalue weighted by Gasteiger charge is -2.28. The second kappa shape index (κ2) is 5.67. The largest absolute Gasteiger partial charge is 0.486 e. The van der Waals surface area contributed by atoms with Crippen molar-refractivity contribution in [1.29, 1.82) is 0 Å². The molecule has 1 fully saturated rings. The number of anilines is 1. The van der Waals surface area contributed by atoms with Gasteiger partial charge in [0.15, 0.2) is 11.5 Å². The maximum atomic E-state index is 5.62. The van der Waals surface area contributed by atoms with Crippen molar-refractivity contribution in [2.75, 3.05) is 51.4 Å². The number of rotatable bonds is 3. The average Bonchev–Trinajstić information content (AvgIpc) is 2.46. The van der Waals surface area contributed by atoms with Crippen LogP contribution in [0.1, 0.15) is 5.56 Å². The maximum Gasteiger partial charge on any atom is 0.163 e. The third-order valence-electron chi connectivity index (χ3n) is 3.59. The van der Waals surface area contributed by atoms with Gasteiger partial charge in [-0.1, -0.05) is 0 Å². The quantitative estimate of drug-likeness (QED) is 0.853. The van der Waals surface area contributed by atoms with Crippen LogP contribution in [-0.2, 0) is 0 Å². The van der Waals surface area contributed by atoms with E-state index in [-0.39, 0.29) is 0 Å².